The van der Waals surface area contributed by atoms with Crippen LogP contribution in [0.4, 0.5) is 0 Å². The zero-order valence-electron chi connectivity index (χ0n) is 11.5. The summed E-state index contributed by atoms with van der Waals surface area (Å²) in [5, 5.41) is 14.3. The highest BCUT2D eigenvalue weighted by Crippen LogP contribution is 2.19. The predicted molar refractivity (Wildman–Crippen MR) is 76.2 cm³/mol. The monoisotopic (exact) mass is 265 g/mol. The lowest BCUT2D eigenvalue weighted by Crippen LogP contribution is -2.11. The maximum Gasteiger partial charge on any atom is 0.147 e. The molecular formula is C15H15N5. The minimum atomic E-state index is 0.291. The third-order valence-corrected chi connectivity index (χ3v) is 3.35. The highest BCUT2D eigenvalue weighted by atomic mass is 15.4. The van der Waals surface area contributed by atoms with Crippen LogP contribution in [0.5, 0.6) is 0 Å². The average molecular weight is 265 g/mol. The van der Waals surface area contributed by atoms with Crippen molar-refractivity contribution < 1.29 is 0 Å². The van der Waals surface area contributed by atoms with Crippen molar-refractivity contribution >= 4 is 10.9 Å². The fraction of sp³-hybridized carbons (Fsp3) is 0.267. The molecule has 0 radical (unpaired) electrons. The number of hydrogen-bond acceptors (Lipinski definition) is 3. The molecule has 0 saturated carbocycles. The van der Waals surface area contributed by atoms with Crippen LogP contribution in [-0.4, -0.2) is 19.3 Å². The van der Waals surface area contributed by atoms with Crippen molar-refractivity contribution in [2.45, 2.75) is 26.4 Å². The Morgan fingerprint density at radius 2 is 2.15 bits per heavy atom. The van der Waals surface area contributed by atoms with E-state index in [0.717, 1.165) is 16.7 Å². The summed E-state index contributed by atoms with van der Waals surface area (Å²) in [5.74, 6) is 0.932. The highest BCUT2D eigenvalue weighted by Gasteiger charge is 2.09. The van der Waals surface area contributed by atoms with Gasteiger partial charge in [-0.1, -0.05) is 0 Å². The lowest BCUT2D eigenvalue weighted by molar-refractivity contribution is 0.498. The molecule has 100 valence electrons. The second kappa shape index (κ2) is 4.82. The quantitative estimate of drug-likeness (QED) is 0.731. The molecule has 0 unspecified atom stereocenters. The summed E-state index contributed by atoms with van der Waals surface area (Å²) < 4.78 is 4.05. The Balaban J connectivity index is 1.99. The molecule has 0 aliphatic rings. The predicted octanol–water partition coefficient (Wildman–Crippen LogP) is 2.73. The number of benzene rings is 1. The van der Waals surface area contributed by atoms with Crippen LogP contribution >= 0.6 is 0 Å². The number of aromatic nitrogens is 4. The minimum absolute atomic E-state index is 0.291. The summed E-state index contributed by atoms with van der Waals surface area (Å²) in [7, 11) is 0. The number of fused-ring (bicyclic) bond motifs is 1. The van der Waals surface area contributed by atoms with E-state index in [2.05, 4.69) is 34.6 Å². The first-order valence-corrected chi connectivity index (χ1v) is 6.56. The van der Waals surface area contributed by atoms with Gasteiger partial charge in [0.25, 0.3) is 0 Å². The lowest BCUT2D eigenvalue weighted by atomic mass is 10.2. The van der Waals surface area contributed by atoms with E-state index < -0.39 is 0 Å². The molecule has 2 heterocycles. The van der Waals surface area contributed by atoms with E-state index in [1.165, 1.54) is 0 Å². The van der Waals surface area contributed by atoms with E-state index in [1.54, 1.807) is 6.33 Å². The first kappa shape index (κ1) is 12.4. The van der Waals surface area contributed by atoms with E-state index in [1.807, 2.05) is 35.1 Å². The molecule has 0 spiro atoms. The van der Waals surface area contributed by atoms with Gasteiger partial charge in [0.05, 0.1) is 18.2 Å². The normalized spacial score (nSPS) is 11.1. The molecule has 5 heteroatoms. The number of nitrogens with zero attached hydrogens (tertiary/aromatic N) is 5. The molecule has 20 heavy (non-hydrogen) atoms. The van der Waals surface area contributed by atoms with E-state index >= 15 is 0 Å². The second-order valence-corrected chi connectivity index (χ2v) is 5.04. The van der Waals surface area contributed by atoms with Crippen LogP contribution in [0.3, 0.4) is 0 Å². The van der Waals surface area contributed by atoms with Gasteiger partial charge in [0.15, 0.2) is 0 Å². The van der Waals surface area contributed by atoms with Gasteiger partial charge in [-0.25, -0.2) is 9.67 Å². The number of hydrogen-bond donors (Lipinski definition) is 0. The maximum atomic E-state index is 8.93. The van der Waals surface area contributed by atoms with E-state index in [9.17, 15) is 0 Å². The Labute approximate surface area is 117 Å². The van der Waals surface area contributed by atoms with Crippen LogP contribution in [0.25, 0.3) is 10.9 Å². The van der Waals surface area contributed by atoms with Crippen LogP contribution < -0.4 is 0 Å². The van der Waals surface area contributed by atoms with Crippen LogP contribution in [0.2, 0.25) is 0 Å². The Kier molecular flexibility index (Phi) is 2.99. The molecule has 0 atom stereocenters. The van der Waals surface area contributed by atoms with Crippen LogP contribution in [-0.2, 0) is 6.54 Å². The zero-order chi connectivity index (χ0) is 14.1. The summed E-state index contributed by atoms with van der Waals surface area (Å²) >= 11 is 0. The molecule has 0 amide bonds. The first-order valence-electron chi connectivity index (χ1n) is 6.56. The largest absolute Gasteiger partial charge is 0.340 e. The van der Waals surface area contributed by atoms with E-state index in [4.69, 9.17) is 5.26 Å². The van der Waals surface area contributed by atoms with Crippen molar-refractivity contribution in [2.24, 2.45) is 0 Å². The van der Waals surface area contributed by atoms with Crippen molar-refractivity contribution in [1.29, 1.82) is 5.26 Å². The van der Waals surface area contributed by atoms with Crippen LogP contribution in [0, 0.1) is 11.3 Å². The van der Waals surface area contributed by atoms with Gasteiger partial charge in [0.2, 0.25) is 0 Å². The molecule has 3 aromatic rings. The van der Waals surface area contributed by atoms with Gasteiger partial charge in [0.1, 0.15) is 12.2 Å². The SMILES string of the molecule is CC(C)n1ncnc1Cn1ccc2cc(C#N)ccc21. The van der Waals surface area contributed by atoms with E-state index in [0.29, 0.717) is 18.2 Å². The summed E-state index contributed by atoms with van der Waals surface area (Å²) in [6, 6.07) is 10.2. The standard InChI is InChI=1S/C15H15N5/c1-11(2)20-15(17-10-18-20)9-19-6-5-13-7-12(8-16)3-4-14(13)19/h3-7,10-11H,9H2,1-2H3. The van der Waals surface area contributed by atoms with Crippen LogP contribution in [0.15, 0.2) is 36.8 Å². The molecule has 0 aliphatic carbocycles. The second-order valence-electron chi connectivity index (χ2n) is 5.04. The average Bonchev–Trinajstić information content (AvgIpc) is 3.06. The molecular weight excluding hydrogens is 250 g/mol. The van der Waals surface area contributed by atoms with Crippen molar-refractivity contribution in [1.82, 2.24) is 19.3 Å². The fourth-order valence-electron chi connectivity index (χ4n) is 2.38. The molecule has 3 rings (SSSR count). The summed E-state index contributed by atoms with van der Waals surface area (Å²) in [4.78, 5) is 4.33. The van der Waals surface area contributed by atoms with Gasteiger partial charge in [0, 0.05) is 23.1 Å². The van der Waals surface area contributed by atoms with Gasteiger partial charge in [-0.05, 0) is 38.1 Å². The third-order valence-electron chi connectivity index (χ3n) is 3.35. The Hall–Kier alpha value is -2.61. The Morgan fingerprint density at radius 1 is 1.30 bits per heavy atom. The van der Waals surface area contributed by atoms with Gasteiger partial charge in [-0.15, -0.1) is 0 Å². The molecule has 0 fully saturated rings. The smallest absolute Gasteiger partial charge is 0.147 e. The lowest BCUT2D eigenvalue weighted by Gasteiger charge is -2.10. The van der Waals surface area contributed by atoms with Gasteiger partial charge >= 0.3 is 0 Å². The molecule has 1 aromatic carbocycles. The number of rotatable bonds is 3. The minimum Gasteiger partial charge on any atom is -0.340 e. The fourth-order valence-corrected chi connectivity index (χ4v) is 2.38. The summed E-state index contributed by atoms with van der Waals surface area (Å²) in [5.41, 5.74) is 1.78. The topological polar surface area (TPSA) is 59.4 Å². The highest BCUT2D eigenvalue weighted by molar-refractivity contribution is 5.81. The molecule has 0 bridgehead atoms. The third kappa shape index (κ3) is 2.05. The number of nitriles is 1. The summed E-state index contributed by atoms with van der Waals surface area (Å²) in [6.45, 7) is 4.85. The van der Waals surface area contributed by atoms with Crippen LogP contribution in [0.1, 0.15) is 31.3 Å². The van der Waals surface area contributed by atoms with Gasteiger partial charge in [-0.3, -0.25) is 0 Å². The van der Waals surface area contributed by atoms with Crippen molar-refractivity contribution in [2.75, 3.05) is 0 Å². The maximum absolute atomic E-state index is 8.93. The molecule has 0 saturated heterocycles. The Bertz CT molecular complexity index is 788. The molecule has 0 N–H and O–H groups in total. The summed E-state index contributed by atoms with van der Waals surface area (Å²) in [6.07, 6.45) is 3.61. The van der Waals surface area contributed by atoms with Crippen molar-refractivity contribution in [3.05, 3.63) is 48.2 Å². The van der Waals surface area contributed by atoms with Gasteiger partial charge < -0.3 is 4.57 Å². The molecule has 2 aromatic heterocycles. The molecule has 0 aliphatic heterocycles. The zero-order valence-corrected chi connectivity index (χ0v) is 11.5. The first-order chi connectivity index (χ1) is 9.69. The van der Waals surface area contributed by atoms with Crippen molar-refractivity contribution in [3.63, 3.8) is 0 Å². The Morgan fingerprint density at radius 3 is 2.90 bits per heavy atom. The molecule has 5 nitrogen and oxygen atoms in total. The van der Waals surface area contributed by atoms with Crippen molar-refractivity contribution in [3.8, 4) is 6.07 Å². The van der Waals surface area contributed by atoms with Gasteiger partial charge in [-0.2, -0.15) is 10.4 Å². The van der Waals surface area contributed by atoms with E-state index in [-0.39, 0.29) is 0 Å².